The van der Waals surface area contributed by atoms with Crippen LogP contribution in [0, 0.1) is 3.57 Å². The fraction of sp³-hybridized carbons (Fsp3) is 0.118. The van der Waals surface area contributed by atoms with Crippen molar-refractivity contribution in [3.8, 4) is 5.75 Å². The van der Waals surface area contributed by atoms with Gasteiger partial charge < -0.3 is 4.74 Å². The summed E-state index contributed by atoms with van der Waals surface area (Å²) >= 11 is 2.17. The van der Waals surface area contributed by atoms with Crippen molar-refractivity contribution < 1.29 is 14.4 Å². The number of nitrogens with one attached hydrogen (secondary N) is 1. The predicted molar refractivity (Wildman–Crippen MR) is 107 cm³/mol. The number of ether oxygens (including phenoxy) is 1. The number of fused-ring (bicyclic) bond motifs is 1. The molecule has 0 bridgehead atoms. The van der Waals surface area contributed by atoms with Gasteiger partial charge in [0.15, 0.2) is 5.81 Å². The molecule has 4 radical (unpaired) electrons. The molecular weight excluding hydrogens is 429 g/mol. The first-order chi connectivity index (χ1) is 12.1. The summed E-state index contributed by atoms with van der Waals surface area (Å²) in [6.45, 7) is 0.383. The average Bonchev–Trinajstić information content (AvgIpc) is 3.07. The van der Waals surface area contributed by atoms with E-state index in [1.54, 1.807) is 12.3 Å². The molecule has 3 aromatic rings. The average molecular weight is 442 g/mol. The molecule has 0 fully saturated rings. The number of halogens is 1. The van der Waals surface area contributed by atoms with E-state index in [0.29, 0.717) is 23.6 Å². The van der Waals surface area contributed by atoms with Crippen molar-refractivity contribution in [1.29, 1.82) is 0 Å². The fourth-order valence-corrected chi connectivity index (χ4v) is 3.19. The lowest BCUT2D eigenvalue weighted by molar-refractivity contribution is 0.247. The summed E-state index contributed by atoms with van der Waals surface area (Å²) in [4.78, 5) is 16.8. The molecule has 122 valence electrons. The molecule has 0 aliphatic carbocycles. The number of aromatic nitrogens is 1. The minimum Gasteiger partial charge on any atom is -0.487 e. The van der Waals surface area contributed by atoms with Crippen LogP contribution < -0.4 is 10.2 Å². The Morgan fingerprint density at radius 3 is 2.68 bits per heavy atom. The Bertz CT molecular complexity index is 900. The second-order valence-corrected chi connectivity index (χ2v) is 6.29. The van der Waals surface area contributed by atoms with Gasteiger partial charge in [-0.3, -0.25) is 19.7 Å². The Kier molecular flexibility index (Phi) is 5.70. The third-order valence-corrected chi connectivity index (χ3v) is 4.77. The van der Waals surface area contributed by atoms with Crippen LogP contribution in [0.5, 0.6) is 5.75 Å². The van der Waals surface area contributed by atoms with Crippen LogP contribution in [0.15, 0.2) is 48.7 Å². The number of hydrogen-bond donors (Lipinski definition) is 1. The lowest BCUT2D eigenvalue weighted by atomic mass is 10.1. The first-order valence-electron chi connectivity index (χ1n) is 7.49. The first kappa shape index (κ1) is 17.9. The highest BCUT2D eigenvalue weighted by molar-refractivity contribution is 14.1. The van der Waals surface area contributed by atoms with E-state index in [0.717, 1.165) is 14.5 Å². The molecule has 1 heterocycles. The van der Waals surface area contributed by atoms with Gasteiger partial charge in [0.05, 0.1) is 11.2 Å². The van der Waals surface area contributed by atoms with Gasteiger partial charge in [0.25, 0.3) is 0 Å². The number of carbonyl (C=O) groups is 1. The molecule has 0 amide bonds. The smallest absolute Gasteiger partial charge is 0.201 e. The molecule has 0 unspecified atom stereocenters. The van der Waals surface area contributed by atoms with Crippen LogP contribution in [-0.4, -0.2) is 32.6 Å². The van der Waals surface area contributed by atoms with E-state index in [-0.39, 0.29) is 6.51 Å². The Morgan fingerprint density at radius 1 is 1.24 bits per heavy atom. The number of nitrogens with zero attached hydrogens (tertiary/aromatic N) is 1. The molecule has 0 aliphatic heterocycles. The van der Waals surface area contributed by atoms with Crippen LogP contribution in [0.2, 0.25) is 0 Å². The summed E-state index contributed by atoms with van der Waals surface area (Å²) in [7, 11) is 10.8. The van der Waals surface area contributed by atoms with Gasteiger partial charge in [0, 0.05) is 27.7 Å². The van der Waals surface area contributed by atoms with Crippen molar-refractivity contribution in [2.45, 2.75) is 6.61 Å². The molecule has 3 rings (SSSR count). The Hall–Kier alpha value is -1.93. The second kappa shape index (κ2) is 7.97. The molecule has 0 spiro atoms. The summed E-state index contributed by atoms with van der Waals surface area (Å²) in [5, 5.41) is 0.827. The van der Waals surface area contributed by atoms with Gasteiger partial charge in [0.1, 0.15) is 20.2 Å². The van der Waals surface area contributed by atoms with E-state index < -0.39 is 5.81 Å². The van der Waals surface area contributed by atoms with Gasteiger partial charge in [-0.1, -0.05) is 30.3 Å². The molecular formula is C17H13B2IN2O3. The summed E-state index contributed by atoms with van der Waals surface area (Å²) in [5.74, 6) is -0.0551. The molecule has 0 atom stereocenters. The van der Waals surface area contributed by atoms with Crippen LogP contribution >= 0.6 is 22.6 Å². The number of hydrogen-bond acceptors (Lipinski definition) is 4. The third-order valence-electron chi connectivity index (χ3n) is 3.61. The molecule has 25 heavy (non-hydrogen) atoms. The van der Waals surface area contributed by atoms with E-state index in [1.165, 1.54) is 4.57 Å². The standard InChI is InChI=1S/C17H13B2IN2O3/c18-10-25-21-13-8-14(24-9-11-4-2-1-3-5-11)16-12(15(13)20)6-7-22(16)17(19)23/h1-8,21H,9-10H2. The maximum absolute atomic E-state index is 11.7. The van der Waals surface area contributed by atoms with Crippen molar-refractivity contribution in [1.82, 2.24) is 4.57 Å². The molecule has 1 N–H and O–H groups in total. The number of carbonyl (C=O) groups excluding carboxylic acids is 1. The predicted octanol–water partition coefficient (Wildman–Crippen LogP) is 3.43. The van der Waals surface area contributed by atoms with Gasteiger partial charge in [-0.25, -0.2) is 0 Å². The van der Waals surface area contributed by atoms with E-state index >= 15 is 0 Å². The quantitative estimate of drug-likeness (QED) is 0.362. The monoisotopic (exact) mass is 442 g/mol. The van der Waals surface area contributed by atoms with Crippen molar-refractivity contribution >= 4 is 60.7 Å². The topological polar surface area (TPSA) is 52.5 Å². The van der Waals surface area contributed by atoms with Crippen LogP contribution in [-0.2, 0) is 11.4 Å². The van der Waals surface area contributed by atoms with E-state index in [4.69, 9.17) is 25.3 Å². The van der Waals surface area contributed by atoms with Crippen molar-refractivity contribution in [2.75, 3.05) is 12.0 Å². The van der Waals surface area contributed by atoms with Crippen LogP contribution in [0.1, 0.15) is 5.56 Å². The highest BCUT2D eigenvalue weighted by Crippen LogP contribution is 2.36. The highest BCUT2D eigenvalue weighted by Gasteiger charge is 2.17. The Balaban J connectivity index is 2.04. The zero-order valence-corrected chi connectivity index (χ0v) is 15.4. The maximum Gasteiger partial charge on any atom is 0.201 e. The molecule has 8 heteroatoms. The Morgan fingerprint density at radius 2 is 2.00 bits per heavy atom. The normalized spacial score (nSPS) is 10.8. The number of benzene rings is 2. The largest absolute Gasteiger partial charge is 0.487 e. The van der Waals surface area contributed by atoms with Crippen molar-refractivity contribution in [2.24, 2.45) is 0 Å². The third kappa shape index (κ3) is 3.85. The minimum atomic E-state index is -0.575. The van der Waals surface area contributed by atoms with Crippen LogP contribution in [0.25, 0.3) is 10.9 Å². The molecule has 0 saturated carbocycles. The summed E-state index contributed by atoms with van der Waals surface area (Å²) in [5.41, 5.74) is 5.12. The van der Waals surface area contributed by atoms with Crippen LogP contribution in [0.3, 0.4) is 0 Å². The summed E-state index contributed by atoms with van der Waals surface area (Å²) in [6.07, 6.45) is 1.62. The van der Waals surface area contributed by atoms with Crippen LogP contribution in [0.4, 0.5) is 10.5 Å². The lowest BCUT2D eigenvalue weighted by Gasteiger charge is -2.15. The maximum atomic E-state index is 11.7. The second-order valence-electron chi connectivity index (χ2n) is 5.21. The fourth-order valence-electron chi connectivity index (χ4n) is 2.49. The Labute approximate surface area is 161 Å². The summed E-state index contributed by atoms with van der Waals surface area (Å²) in [6, 6.07) is 13.3. The SMILES string of the molecule is [B]CONc1cc(OCc2ccccc2)c2c(ccn2C([B])=O)c1I. The molecule has 1 aromatic heterocycles. The van der Waals surface area contributed by atoms with Gasteiger partial charge in [-0.2, -0.15) is 0 Å². The molecule has 5 nitrogen and oxygen atoms in total. The van der Waals surface area contributed by atoms with Gasteiger partial charge in [-0.15, -0.1) is 0 Å². The van der Waals surface area contributed by atoms with Gasteiger partial charge in [-0.05, 0) is 34.2 Å². The molecule has 0 saturated heterocycles. The first-order valence-corrected chi connectivity index (χ1v) is 8.57. The number of anilines is 1. The van der Waals surface area contributed by atoms with Gasteiger partial charge >= 0.3 is 0 Å². The molecule has 2 aromatic carbocycles. The van der Waals surface area contributed by atoms with Gasteiger partial charge in [0.2, 0.25) is 7.85 Å². The zero-order valence-electron chi connectivity index (χ0n) is 13.2. The number of rotatable bonds is 6. The summed E-state index contributed by atoms with van der Waals surface area (Å²) < 4.78 is 8.21. The zero-order chi connectivity index (χ0) is 17.8. The van der Waals surface area contributed by atoms with Crippen molar-refractivity contribution in [3.63, 3.8) is 0 Å². The van der Waals surface area contributed by atoms with E-state index in [9.17, 15) is 4.79 Å². The van der Waals surface area contributed by atoms with E-state index in [2.05, 4.69) is 28.1 Å². The lowest BCUT2D eigenvalue weighted by Crippen LogP contribution is -2.09. The highest BCUT2D eigenvalue weighted by atomic mass is 127. The molecule has 0 aliphatic rings. The minimum absolute atomic E-state index is 0.0244. The van der Waals surface area contributed by atoms with Crippen molar-refractivity contribution in [3.05, 3.63) is 57.8 Å². The van der Waals surface area contributed by atoms with E-state index in [1.807, 2.05) is 36.4 Å².